The summed E-state index contributed by atoms with van der Waals surface area (Å²) in [6.45, 7) is 0.715. The van der Waals surface area contributed by atoms with Gasteiger partial charge in [-0.3, -0.25) is 9.78 Å². The quantitative estimate of drug-likeness (QED) is 0.876. The van der Waals surface area contributed by atoms with Gasteiger partial charge in [-0.15, -0.1) is 0 Å². The number of pyridine rings is 1. The number of aromatic nitrogens is 1. The van der Waals surface area contributed by atoms with Gasteiger partial charge in [0.1, 0.15) is 4.90 Å². The second-order valence-electron chi connectivity index (χ2n) is 7.17. The van der Waals surface area contributed by atoms with Crippen molar-refractivity contribution in [1.82, 2.24) is 14.6 Å². The van der Waals surface area contributed by atoms with Gasteiger partial charge in [0.05, 0.1) is 6.04 Å². The molecule has 27 heavy (non-hydrogen) atoms. The maximum Gasteiger partial charge on any atom is 0.244 e. The third-order valence-electron chi connectivity index (χ3n) is 5.55. The van der Waals surface area contributed by atoms with Crippen LogP contribution in [0.1, 0.15) is 36.4 Å². The lowest BCUT2D eigenvalue weighted by Crippen LogP contribution is -2.43. The van der Waals surface area contributed by atoms with Crippen LogP contribution in [0.4, 0.5) is 0 Å². The smallest absolute Gasteiger partial charge is 0.244 e. The number of aryl methyl sites for hydroxylation is 1. The van der Waals surface area contributed by atoms with E-state index in [2.05, 4.69) is 22.4 Å². The van der Waals surface area contributed by atoms with Crippen LogP contribution in [-0.4, -0.2) is 36.7 Å². The third-order valence-corrected chi connectivity index (χ3v) is 7.43. The minimum Gasteiger partial charge on any atom is -0.349 e. The molecule has 2 heterocycles. The fourth-order valence-corrected chi connectivity index (χ4v) is 5.44. The summed E-state index contributed by atoms with van der Waals surface area (Å²) in [5.41, 5.74) is 2.52. The number of carbonyl (C=O) groups excluding carboxylic acids is 1. The molecular weight excluding hydrogens is 362 g/mol. The van der Waals surface area contributed by atoms with E-state index < -0.39 is 10.0 Å². The van der Waals surface area contributed by atoms with Gasteiger partial charge in [-0.1, -0.05) is 24.3 Å². The van der Waals surface area contributed by atoms with Crippen LogP contribution in [-0.2, 0) is 21.2 Å². The van der Waals surface area contributed by atoms with Gasteiger partial charge in [-0.05, 0) is 48.9 Å². The molecule has 2 aliphatic rings. The van der Waals surface area contributed by atoms with E-state index in [1.165, 1.54) is 21.6 Å². The molecule has 1 aromatic heterocycles. The number of nitrogens with zero attached hydrogens (tertiary/aromatic N) is 2. The molecule has 1 fully saturated rings. The molecule has 0 spiro atoms. The summed E-state index contributed by atoms with van der Waals surface area (Å²) < 4.78 is 26.8. The normalized spacial score (nSPS) is 21.0. The molecule has 1 amide bonds. The van der Waals surface area contributed by atoms with Gasteiger partial charge < -0.3 is 5.32 Å². The highest BCUT2D eigenvalue weighted by Crippen LogP contribution is 2.32. The molecule has 0 unspecified atom stereocenters. The summed E-state index contributed by atoms with van der Waals surface area (Å²) >= 11 is 0. The minimum atomic E-state index is -3.53. The molecule has 0 bridgehead atoms. The molecule has 6 nitrogen and oxygen atoms in total. The average Bonchev–Trinajstić information content (AvgIpc) is 3.12. The van der Waals surface area contributed by atoms with Gasteiger partial charge in [0.25, 0.3) is 0 Å². The number of fused-ring (bicyclic) bond motifs is 1. The fraction of sp³-hybridized carbons (Fsp3) is 0.400. The van der Waals surface area contributed by atoms with Gasteiger partial charge in [0, 0.05) is 31.4 Å². The summed E-state index contributed by atoms with van der Waals surface area (Å²) in [7, 11) is -3.53. The first kappa shape index (κ1) is 18.1. The van der Waals surface area contributed by atoms with E-state index in [-0.39, 0.29) is 22.8 Å². The van der Waals surface area contributed by atoms with Crippen LogP contribution in [0.3, 0.4) is 0 Å². The largest absolute Gasteiger partial charge is 0.349 e. The first-order valence-electron chi connectivity index (χ1n) is 9.34. The Balaban J connectivity index is 1.36. The molecule has 7 heteroatoms. The summed E-state index contributed by atoms with van der Waals surface area (Å²) in [5, 5.41) is 3.17. The van der Waals surface area contributed by atoms with E-state index in [4.69, 9.17) is 0 Å². The Morgan fingerprint density at radius 3 is 2.59 bits per heavy atom. The molecule has 1 aromatic carbocycles. The standard InChI is InChI=1S/C20H23N3O3S/c24-20(22-19-8-7-15-4-1-2-6-18(15)19)16-9-12-23(13-10-16)27(25,26)17-5-3-11-21-14-17/h1-6,11,14,16,19H,7-10,12-13H2,(H,22,24)/t19-/m1/s1. The van der Waals surface area contributed by atoms with Crippen molar-refractivity contribution in [2.24, 2.45) is 5.92 Å². The second-order valence-corrected chi connectivity index (χ2v) is 9.10. The predicted molar refractivity (Wildman–Crippen MR) is 101 cm³/mol. The van der Waals surface area contributed by atoms with Crippen LogP contribution in [0.25, 0.3) is 0 Å². The van der Waals surface area contributed by atoms with E-state index in [1.807, 2.05) is 12.1 Å². The topological polar surface area (TPSA) is 79.4 Å². The first-order chi connectivity index (χ1) is 13.1. The SMILES string of the molecule is O=C(N[C@@H]1CCc2ccccc21)C1CCN(S(=O)(=O)c2cccnc2)CC1. The van der Waals surface area contributed by atoms with Crippen molar-refractivity contribution < 1.29 is 13.2 Å². The molecule has 1 aliphatic carbocycles. The Hall–Kier alpha value is -2.25. The minimum absolute atomic E-state index is 0.0372. The molecular formula is C20H23N3O3S. The van der Waals surface area contributed by atoms with Gasteiger partial charge in [-0.2, -0.15) is 4.31 Å². The van der Waals surface area contributed by atoms with Crippen LogP contribution >= 0.6 is 0 Å². The number of piperidine rings is 1. The van der Waals surface area contributed by atoms with Crippen LogP contribution in [0.15, 0.2) is 53.7 Å². The summed E-state index contributed by atoms with van der Waals surface area (Å²) in [4.78, 5) is 16.8. The van der Waals surface area contributed by atoms with E-state index in [9.17, 15) is 13.2 Å². The Labute approximate surface area is 159 Å². The van der Waals surface area contributed by atoms with Crippen LogP contribution in [0, 0.1) is 5.92 Å². The number of amides is 1. The number of benzene rings is 1. The average molecular weight is 385 g/mol. The summed E-state index contributed by atoms with van der Waals surface area (Å²) in [6.07, 6.45) is 5.92. The van der Waals surface area contributed by atoms with Gasteiger partial charge in [0.2, 0.25) is 15.9 Å². The number of nitrogens with one attached hydrogen (secondary N) is 1. The Morgan fingerprint density at radius 2 is 1.85 bits per heavy atom. The van der Waals surface area contributed by atoms with Crippen molar-refractivity contribution in [2.75, 3.05) is 13.1 Å². The highest BCUT2D eigenvalue weighted by molar-refractivity contribution is 7.89. The zero-order chi connectivity index (χ0) is 18.9. The summed E-state index contributed by atoms with van der Waals surface area (Å²) in [6, 6.07) is 11.5. The highest BCUT2D eigenvalue weighted by Gasteiger charge is 2.33. The molecule has 1 saturated heterocycles. The number of carbonyl (C=O) groups is 1. The zero-order valence-corrected chi connectivity index (χ0v) is 15.9. The maximum atomic E-state index is 12.7. The lowest BCUT2D eigenvalue weighted by Gasteiger charge is -2.31. The van der Waals surface area contributed by atoms with Crippen molar-refractivity contribution in [3.63, 3.8) is 0 Å². The molecule has 2 aromatic rings. The molecule has 1 N–H and O–H groups in total. The van der Waals surface area contributed by atoms with E-state index in [0.717, 1.165) is 12.8 Å². The fourth-order valence-electron chi connectivity index (χ4n) is 4.00. The summed E-state index contributed by atoms with van der Waals surface area (Å²) in [5.74, 6) is -0.103. The number of hydrogen-bond donors (Lipinski definition) is 1. The lowest BCUT2D eigenvalue weighted by molar-refractivity contribution is -0.126. The third kappa shape index (κ3) is 3.61. The van der Waals surface area contributed by atoms with E-state index in [0.29, 0.717) is 25.9 Å². The monoisotopic (exact) mass is 385 g/mol. The first-order valence-corrected chi connectivity index (χ1v) is 10.8. The van der Waals surface area contributed by atoms with Crippen molar-refractivity contribution in [1.29, 1.82) is 0 Å². The van der Waals surface area contributed by atoms with E-state index >= 15 is 0 Å². The Morgan fingerprint density at radius 1 is 1.07 bits per heavy atom. The van der Waals surface area contributed by atoms with Gasteiger partial charge in [0.15, 0.2) is 0 Å². The van der Waals surface area contributed by atoms with Crippen LogP contribution < -0.4 is 5.32 Å². The zero-order valence-electron chi connectivity index (χ0n) is 15.0. The van der Waals surface area contributed by atoms with Crippen molar-refractivity contribution in [2.45, 2.75) is 36.6 Å². The van der Waals surface area contributed by atoms with Gasteiger partial charge >= 0.3 is 0 Å². The molecule has 4 rings (SSSR count). The number of rotatable bonds is 4. The van der Waals surface area contributed by atoms with Gasteiger partial charge in [-0.25, -0.2) is 8.42 Å². The molecule has 142 valence electrons. The molecule has 0 radical (unpaired) electrons. The second kappa shape index (κ2) is 7.40. The Kier molecular flexibility index (Phi) is 4.97. The Bertz CT molecular complexity index is 922. The molecule has 1 atom stereocenters. The maximum absolute atomic E-state index is 12.7. The molecule has 1 aliphatic heterocycles. The van der Waals surface area contributed by atoms with Crippen LogP contribution in [0.2, 0.25) is 0 Å². The van der Waals surface area contributed by atoms with Crippen LogP contribution in [0.5, 0.6) is 0 Å². The van der Waals surface area contributed by atoms with Crippen molar-refractivity contribution in [3.8, 4) is 0 Å². The number of sulfonamides is 1. The highest BCUT2D eigenvalue weighted by atomic mass is 32.2. The number of hydrogen-bond acceptors (Lipinski definition) is 4. The predicted octanol–water partition coefficient (Wildman–Crippen LogP) is 2.29. The van der Waals surface area contributed by atoms with Crippen molar-refractivity contribution in [3.05, 3.63) is 59.9 Å². The lowest BCUT2D eigenvalue weighted by atomic mass is 9.96. The van der Waals surface area contributed by atoms with Crippen molar-refractivity contribution >= 4 is 15.9 Å². The molecule has 0 saturated carbocycles. The van der Waals surface area contributed by atoms with E-state index in [1.54, 1.807) is 18.3 Å².